The normalized spacial score (nSPS) is 35.1. The Hall–Kier alpha value is -0.570. The first kappa shape index (κ1) is 8.05. The Balaban J connectivity index is 1.75. The lowest BCUT2D eigenvalue weighted by Gasteiger charge is -2.09. The fraction of sp³-hybridized carbons (Fsp3) is 0.889. The van der Waals surface area contributed by atoms with Crippen LogP contribution in [0, 0.1) is 0 Å². The van der Waals surface area contributed by atoms with Crippen molar-refractivity contribution in [2.24, 2.45) is 0 Å². The molecule has 3 heteroatoms. The molecular weight excluding hydrogens is 156 g/mol. The predicted molar refractivity (Wildman–Crippen MR) is 42.7 cm³/mol. The van der Waals surface area contributed by atoms with Crippen LogP contribution in [0.4, 0.5) is 0 Å². The van der Waals surface area contributed by atoms with Gasteiger partial charge in [0.15, 0.2) is 6.10 Å². The Morgan fingerprint density at radius 2 is 2.00 bits per heavy atom. The van der Waals surface area contributed by atoms with Crippen LogP contribution in [-0.2, 0) is 14.3 Å². The number of esters is 1. The number of rotatable bonds is 2. The Bertz CT molecular complexity index is 184. The molecule has 2 unspecified atom stereocenters. The van der Waals surface area contributed by atoms with E-state index in [0.29, 0.717) is 0 Å². The first-order valence-electron chi connectivity index (χ1n) is 4.63. The molecule has 2 rings (SSSR count). The molecule has 0 spiro atoms. The van der Waals surface area contributed by atoms with Crippen molar-refractivity contribution < 1.29 is 14.3 Å². The lowest BCUT2D eigenvalue weighted by molar-refractivity contribution is -0.150. The third kappa shape index (κ3) is 1.61. The molecule has 1 aliphatic heterocycles. The molecule has 0 aromatic heterocycles. The predicted octanol–water partition coefficient (Wildman–Crippen LogP) is 1.26. The lowest BCUT2D eigenvalue weighted by atomic mass is 10.3. The summed E-state index contributed by atoms with van der Waals surface area (Å²) in [4.78, 5) is 11.2. The maximum absolute atomic E-state index is 11.2. The van der Waals surface area contributed by atoms with Gasteiger partial charge in [-0.2, -0.15) is 0 Å². The zero-order valence-corrected chi connectivity index (χ0v) is 7.29. The summed E-state index contributed by atoms with van der Waals surface area (Å²) in [5.41, 5.74) is 0. The molecule has 0 N–H and O–H groups in total. The fourth-order valence-electron chi connectivity index (χ4n) is 1.67. The van der Waals surface area contributed by atoms with E-state index in [9.17, 15) is 4.79 Å². The van der Waals surface area contributed by atoms with Crippen molar-refractivity contribution >= 4 is 5.97 Å². The molecule has 1 saturated heterocycles. The zero-order valence-electron chi connectivity index (χ0n) is 7.29. The first-order valence-corrected chi connectivity index (χ1v) is 4.63. The van der Waals surface area contributed by atoms with Crippen LogP contribution in [0.25, 0.3) is 0 Å². The molecule has 12 heavy (non-hydrogen) atoms. The van der Waals surface area contributed by atoms with Crippen molar-refractivity contribution in [3.8, 4) is 0 Å². The zero-order chi connectivity index (χ0) is 8.55. The summed E-state index contributed by atoms with van der Waals surface area (Å²) in [6, 6.07) is 0. The highest BCUT2D eigenvalue weighted by atomic mass is 16.6. The van der Waals surface area contributed by atoms with Crippen molar-refractivity contribution in [1.82, 2.24) is 0 Å². The minimum absolute atomic E-state index is 0.0823. The number of ether oxygens (including phenoxy) is 2. The Kier molecular flexibility index (Phi) is 2.05. The van der Waals surface area contributed by atoms with Gasteiger partial charge in [-0.15, -0.1) is 0 Å². The van der Waals surface area contributed by atoms with E-state index in [1.807, 2.05) is 6.92 Å². The first-order chi connectivity index (χ1) is 5.77. The molecule has 2 atom stereocenters. The molecular formula is C9H14O3. The van der Waals surface area contributed by atoms with Gasteiger partial charge >= 0.3 is 5.97 Å². The van der Waals surface area contributed by atoms with E-state index in [4.69, 9.17) is 9.47 Å². The van der Waals surface area contributed by atoms with Crippen molar-refractivity contribution in [3.05, 3.63) is 0 Å². The molecule has 2 aliphatic rings. The Labute approximate surface area is 72.0 Å². The minimum atomic E-state index is -0.259. The van der Waals surface area contributed by atoms with Crippen LogP contribution >= 0.6 is 0 Å². The maximum atomic E-state index is 11.2. The molecule has 0 radical (unpaired) electrons. The second-order valence-corrected chi connectivity index (χ2v) is 3.61. The van der Waals surface area contributed by atoms with Crippen LogP contribution in [0.3, 0.4) is 0 Å². The van der Waals surface area contributed by atoms with Gasteiger partial charge < -0.3 is 9.47 Å². The number of epoxide rings is 1. The highest BCUT2D eigenvalue weighted by molar-refractivity contribution is 5.78. The molecule has 0 aromatic carbocycles. The molecule has 0 amide bonds. The van der Waals surface area contributed by atoms with Gasteiger partial charge in [0.2, 0.25) is 0 Å². The maximum Gasteiger partial charge on any atom is 0.338 e. The standard InChI is InChI=1S/C9H14O3/c1-6-8(11-6)9(10)12-7-4-2-3-5-7/h6-8H,2-5H2,1H3. The monoisotopic (exact) mass is 170 g/mol. The van der Waals surface area contributed by atoms with Gasteiger partial charge in [-0.1, -0.05) is 0 Å². The van der Waals surface area contributed by atoms with Crippen molar-refractivity contribution in [2.75, 3.05) is 0 Å². The summed E-state index contributed by atoms with van der Waals surface area (Å²) in [5, 5.41) is 0. The number of hydrogen-bond acceptors (Lipinski definition) is 3. The van der Waals surface area contributed by atoms with Crippen LogP contribution in [0.1, 0.15) is 32.6 Å². The average Bonchev–Trinajstić information content (AvgIpc) is 2.58. The smallest absolute Gasteiger partial charge is 0.338 e. The molecule has 68 valence electrons. The molecule has 1 aliphatic carbocycles. The fourth-order valence-corrected chi connectivity index (χ4v) is 1.67. The second kappa shape index (κ2) is 3.05. The Morgan fingerprint density at radius 1 is 1.42 bits per heavy atom. The third-order valence-electron chi connectivity index (χ3n) is 2.53. The van der Waals surface area contributed by atoms with Gasteiger partial charge in [0.05, 0.1) is 6.10 Å². The lowest BCUT2D eigenvalue weighted by Crippen LogP contribution is -2.19. The van der Waals surface area contributed by atoms with E-state index >= 15 is 0 Å². The van der Waals surface area contributed by atoms with E-state index in [2.05, 4.69) is 0 Å². The van der Waals surface area contributed by atoms with Gasteiger partial charge in [-0.05, 0) is 32.6 Å². The van der Waals surface area contributed by atoms with Crippen LogP contribution in [0.15, 0.2) is 0 Å². The van der Waals surface area contributed by atoms with Crippen molar-refractivity contribution in [1.29, 1.82) is 0 Å². The Morgan fingerprint density at radius 3 is 2.50 bits per heavy atom. The largest absolute Gasteiger partial charge is 0.460 e. The van der Waals surface area contributed by atoms with E-state index < -0.39 is 0 Å². The van der Waals surface area contributed by atoms with Crippen LogP contribution < -0.4 is 0 Å². The second-order valence-electron chi connectivity index (χ2n) is 3.61. The molecule has 1 heterocycles. The summed E-state index contributed by atoms with van der Waals surface area (Å²) in [7, 11) is 0. The third-order valence-corrected chi connectivity index (χ3v) is 2.53. The summed E-state index contributed by atoms with van der Waals surface area (Å²) in [6.45, 7) is 1.89. The van der Waals surface area contributed by atoms with Gasteiger partial charge in [0, 0.05) is 0 Å². The SMILES string of the molecule is CC1OC1C(=O)OC1CCCC1. The van der Waals surface area contributed by atoms with Crippen LogP contribution in [-0.4, -0.2) is 24.3 Å². The molecule has 3 nitrogen and oxygen atoms in total. The quantitative estimate of drug-likeness (QED) is 0.462. The molecule has 0 bridgehead atoms. The summed E-state index contributed by atoms with van der Waals surface area (Å²) >= 11 is 0. The van der Waals surface area contributed by atoms with Gasteiger partial charge in [0.25, 0.3) is 0 Å². The average molecular weight is 170 g/mol. The van der Waals surface area contributed by atoms with Gasteiger partial charge in [-0.3, -0.25) is 0 Å². The summed E-state index contributed by atoms with van der Waals surface area (Å²) in [5.74, 6) is -0.158. The van der Waals surface area contributed by atoms with Crippen LogP contribution in [0.2, 0.25) is 0 Å². The van der Waals surface area contributed by atoms with E-state index in [1.165, 1.54) is 12.8 Å². The van der Waals surface area contributed by atoms with Crippen molar-refractivity contribution in [3.63, 3.8) is 0 Å². The van der Waals surface area contributed by atoms with Gasteiger partial charge in [0.1, 0.15) is 6.10 Å². The number of hydrogen-bond donors (Lipinski definition) is 0. The van der Waals surface area contributed by atoms with Crippen molar-refractivity contribution in [2.45, 2.75) is 50.9 Å². The molecule has 2 fully saturated rings. The summed E-state index contributed by atoms with van der Waals surface area (Å²) in [6.07, 6.45) is 4.45. The van der Waals surface area contributed by atoms with E-state index in [0.717, 1.165) is 12.8 Å². The number of carbonyl (C=O) groups excluding carboxylic acids is 1. The van der Waals surface area contributed by atoms with E-state index in [1.54, 1.807) is 0 Å². The minimum Gasteiger partial charge on any atom is -0.460 e. The highest BCUT2D eigenvalue weighted by Gasteiger charge is 2.43. The van der Waals surface area contributed by atoms with E-state index in [-0.39, 0.29) is 24.3 Å². The number of carbonyl (C=O) groups is 1. The summed E-state index contributed by atoms with van der Waals surface area (Å²) < 4.78 is 10.3. The topological polar surface area (TPSA) is 38.8 Å². The van der Waals surface area contributed by atoms with Gasteiger partial charge in [-0.25, -0.2) is 4.79 Å². The van der Waals surface area contributed by atoms with Crippen LogP contribution in [0.5, 0.6) is 0 Å². The molecule has 0 aromatic rings. The highest BCUT2D eigenvalue weighted by Crippen LogP contribution is 2.26. The molecule has 1 saturated carbocycles.